The zero-order valence-corrected chi connectivity index (χ0v) is 15.6. The molecule has 0 unspecified atom stereocenters. The normalized spacial score (nSPS) is 14.4. The van der Waals surface area contributed by atoms with Gasteiger partial charge in [-0.3, -0.25) is 14.5 Å². The Bertz CT molecular complexity index is 707. The number of likely N-dealkylation sites (N-methyl/N-ethyl adjacent to an activating group) is 1. The largest absolute Gasteiger partial charge is 0.493 e. The van der Waals surface area contributed by atoms with E-state index < -0.39 is 0 Å². The first kappa shape index (κ1) is 19.7. The van der Waals surface area contributed by atoms with Gasteiger partial charge >= 0.3 is 0 Å². The number of nitrogens with zero attached hydrogens (tertiary/aromatic N) is 2. The smallest absolute Gasteiger partial charge is 0.278 e. The van der Waals surface area contributed by atoms with Crippen molar-refractivity contribution in [2.45, 2.75) is 13.8 Å². The lowest BCUT2D eigenvalue weighted by Gasteiger charge is -2.19. The number of imide groups is 1. The maximum atomic E-state index is 12.8. The summed E-state index contributed by atoms with van der Waals surface area (Å²) in [7, 11) is 1.69. The minimum Gasteiger partial charge on any atom is -0.493 e. The van der Waals surface area contributed by atoms with Crippen molar-refractivity contribution in [3.05, 3.63) is 48.2 Å². The van der Waals surface area contributed by atoms with Gasteiger partial charge in [-0.05, 0) is 23.6 Å². The molecule has 1 aromatic carbocycles. The van der Waals surface area contributed by atoms with Crippen LogP contribution in [0.2, 0.25) is 0 Å². The van der Waals surface area contributed by atoms with Crippen molar-refractivity contribution < 1.29 is 19.4 Å². The van der Waals surface area contributed by atoms with Crippen molar-refractivity contribution in [3.63, 3.8) is 0 Å². The third-order valence-electron chi connectivity index (χ3n) is 4.00. The summed E-state index contributed by atoms with van der Waals surface area (Å²) in [6.07, 6.45) is 1.52. The molecule has 6 heteroatoms. The number of aliphatic hydroxyl groups is 1. The molecule has 0 aromatic heterocycles. The molecule has 0 aliphatic carbocycles. The fourth-order valence-electron chi connectivity index (χ4n) is 2.72. The van der Waals surface area contributed by atoms with Gasteiger partial charge in [0.2, 0.25) is 0 Å². The fourth-order valence-corrected chi connectivity index (χ4v) is 2.72. The number of hydrogen-bond acceptors (Lipinski definition) is 5. The van der Waals surface area contributed by atoms with Gasteiger partial charge in [0.15, 0.2) is 0 Å². The number of amides is 2. The number of carbonyl (C=O) groups is 2. The summed E-state index contributed by atoms with van der Waals surface area (Å²) >= 11 is 0. The Balaban J connectivity index is 2.38. The molecule has 6 nitrogen and oxygen atoms in total. The molecular weight excluding hydrogens is 332 g/mol. The highest BCUT2D eigenvalue weighted by atomic mass is 16.5. The van der Waals surface area contributed by atoms with E-state index in [2.05, 4.69) is 20.4 Å². The highest BCUT2D eigenvalue weighted by molar-refractivity contribution is 6.35. The van der Waals surface area contributed by atoms with Crippen molar-refractivity contribution in [2.75, 3.05) is 33.4 Å². The number of carbonyl (C=O) groups excluding carboxylic acids is 2. The maximum absolute atomic E-state index is 12.8. The standard InChI is InChI=1S/C20H26N2O4/c1-5-10-22-19(24)17(18(20(22)25)21(4)11-12-23)15-6-8-16(9-7-15)26-13-14(2)3/h5-9,14,23H,1,10-13H2,2-4H3. The van der Waals surface area contributed by atoms with Gasteiger partial charge in [0.1, 0.15) is 11.4 Å². The van der Waals surface area contributed by atoms with Crippen LogP contribution in [0, 0.1) is 5.92 Å². The molecule has 26 heavy (non-hydrogen) atoms. The molecule has 1 aliphatic rings. The summed E-state index contributed by atoms with van der Waals surface area (Å²) in [4.78, 5) is 28.3. The van der Waals surface area contributed by atoms with E-state index in [4.69, 9.17) is 4.74 Å². The molecule has 2 rings (SSSR count). The summed E-state index contributed by atoms with van der Waals surface area (Å²) in [5, 5.41) is 9.21. The fraction of sp³-hybridized carbons (Fsp3) is 0.400. The van der Waals surface area contributed by atoms with Crippen molar-refractivity contribution in [1.29, 1.82) is 0 Å². The summed E-state index contributed by atoms with van der Waals surface area (Å²) in [6, 6.07) is 7.14. The van der Waals surface area contributed by atoms with E-state index in [0.29, 0.717) is 35.1 Å². The molecule has 1 heterocycles. The number of aliphatic hydroxyl groups excluding tert-OH is 1. The molecule has 0 spiro atoms. The Kier molecular flexibility index (Phi) is 6.58. The zero-order valence-electron chi connectivity index (χ0n) is 15.6. The van der Waals surface area contributed by atoms with E-state index in [1.165, 1.54) is 6.08 Å². The predicted octanol–water partition coefficient (Wildman–Crippen LogP) is 1.91. The first-order valence-electron chi connectivity index (χ1n) is 8.67. The summed E-state index contributed by atoms with van der Waals surface area (Å²) < 4.78 is 5.67. The van der Waals surface area contributed by atoms with E-state index in [-0.39, 0.29) is 31.5 Å². The number of benzene rings is 1. The minimum absolute atomic E-state index is 0.113. The molecule has 140 valence electrons. The van der Waals surface area contributed by atoms with E-state index in [0.717, 1.165) is 4.90 Å². The quantitative estimate of drug-likeness (QED) is 0.539. The van der Waals surface area contributed by atoms with E-state index >= 15 is 0 Å². The highest BCUT2D eigenvalue weighted by Crippen LogP contribution is 2.31. The van der Waals surface area contributed by atoms with Crippen molar-refractivity contribution in [1.82, 2.24) is 9.80 Å². The Labute approximate surface area is 154 Å². The van der Waals surface area contributed by atoms with Crippen molar-refractivity contribution >= 4 is 17.4 Å². The van der Waals surface area contributed by atoms with Gasteiger partial charge in [0.25, 0.3) is 11.8 Å². The second kappa shape index (κ2) is 8.67. The lowest BCUT2D eigenvalue weighted by molar-refractivity contribution is -0.136. The average Bonchev–Trinajstić information content (AvgIpc) is 2.85. The van der Waals surface area contributed by atoms with Gasteiger partial charge in [-0.2, -0.15) is 0 Å². The molecule has 1 N–H and O–H groups in total. The van der Waals surface area contributed by atoms with E-state index in [1.807, 2.05) is 0 Å². The monoisotopic (exact) mass is 358 g/mol. The SMILES string of the molecule is C=CCN1C(=O)C(c2ccc(OCC(C)C)cc2)=C(N(C)CCO)C1=O. The maximum Gasteiger partial charge on any atom is 0.278 e. The molecule has 0 saturated carbocycles. The number of ether oxygens (including phenoxy) is 1. The van der Waals surface area contributed by atoms with Gasteiger partial charge in [0.05, 0.1) is 18.8 Å². The van der Waals surface area contributed by atoms with Crippen LogP contribution in [0.5, 0.6) is 5.75 Å². The Morgan fingerprint density at radius 3 is 2.42 bits per heavy atom. The van der Waals surface area contributed by atoms with E-state index in [9.17, 15) is 14.7 Å². The number of hydrogen-bond donors (Lipinski definition) is 1. The second-order valence-corrected chi connectivity index (χ2v) is 6.61. The summed E-state index contributed by atoms with van der Waals surface area (Å²) in [5.41, 5.74) is 1.27. The summed E-state index contributed by atoms with van der Waals surface area (Å²) in [6.45, 7) is 8.65. The lowest BCUT2D eigenvalue weighted by Crippen LogP contribution is -2.34. The molecule has 2 amide bonds. The van der Waals surface area contributed by atoms with Crippen LogP contribution in [-0.2, 0) is 9.59 Å². The van der Waals surface area contributed by atoms with Gasteiger partial charge in [-0.15, -0.1) is 6.58 Å². The molecule has 0 atom stereocenters. The van der Waals surface area contributed by atoms with Crippen molar-refractivity contribution in [2.24, 2.45) is 5.92 Å². The summed E-state index contributed by atoms with van der Waals surface area (Å²) in [5.74, 6) is 0.400. The van der Waals surface area contributed by atoms with Crippen LogP contribution in [-0.4, -0.2) is 60.1 Å². The topological polar surface area (TPSA) is 70.1 Å². The molecule has 1 aromatic rings. The Hall–Kier alpha value is -2.60. The van der Waals surface area contributed by atoms with Gasteiger partial charge < -0.3 is 14.7 Å². The molecule has 0 saturated heterocycles. The second-order valence-electron chi connectivity index (χ2n) is 6.61. The first-order chi connectivity index (χ1) is 12.4. The molecular formula is C20H26N2O4. The molecule has 0 fully saturated rings. The predicted molar refractivity (Wildman–Crippen MR) is 100 cm³/mol. The molecule has 1 aliphatic heterocycles. The highest BCUT2D eigenvalue weighted by Gasteiger charge is 2.39. The van der Waals surface area contributed by atoms with Crippen LogP contribution in [0.15, 0.2) is 42.6 Å². The molecule has 0 radical (unpaired) electrons. The van der Waals surface area contributed by atoms with Gasteiger partial charge in [-0.1, -0.05) is 32.1 Å². The third-order valence-corrected chi connectivity index (χ3v) is 4.00. The first-order valence-corrected chi connectivity index (χ1v) is 8.67. The molecule has 0 bridgehead atoms. The zero-order chi connectivity index (χ0) is 19.3. The van der Waals surface area contributed by atoms with Crippen LogP contribution >= 0.6 is 0 Å². The lowest BCUT2D eigenvalue weighted by atomic mass is 10.0. The Morgan fingerprint density at radius 1 is 1.23 bits per heavy atom. The van der Waals surface area contributed by atoms with Crippen LogP contribution in [0.1, 0.15) is 19.4 Å². The van der Waals surface area contributed by atoms with Crippen LogP contribution < -0.4 is 4.74 Å². The van der Waals surface area contributed by atoms with Crippen LogP contribution in [0.3, 0.4) is 0 Å². The van der Waals surface area contributed by atoms with Crippen molar-refractivity contribution in [3.8, 4) is 5.75 Å². The van der Waals surface area contributed by atoms with Gasteiger partial charge in [-0.25, -0.2) is 0 Å². The van der Waals surface area contributed by atoms with E-state index in [1.54, 1.807) is 36.2 Å². The Morgan fingerprint density at radius 2 is 1.88 bits per heavy atom. The average molecular weight is 358 g/mol. The van der Waals surface area contributed by atoms with Gasteiger partial charge in [0, 0.05) is 20.1 Å². The number of rotatable bonds is 9. The third kappa shape index (κ3) is 4.14. The van der Waals surface area contributed by atoms with Crippen LogP contribution in [0.4, 0.5) is 0 Å². The van der Waals surface area contributed by atoms with Crippen LogP contribution in [0.25, 0.3) is 5.57 Å². The minimum atomic E-state index is -0.374.